The number of hydrogen-bond acceptors (Lipinski definition) is 3. The summed E-state index contributed by atoms with van der Waals surface area (Å²) in [6.07, 6.45) is 1.56. The molecule has 0 atom stereocenters. The average molecular weight is 290 g/mol. The second-order valence-corrected chi connectivity index (χ2v) is 5.71. The minimum atomic E-state index is -3.82. The van der Waals surface area contributed by atoms with Crippen LogP contribution in [0.4, 0.5) is 5.82 Å². The third-order valence-electron chi connectivity index (χ3n) is 2.46. The summed E-state index contributed by atoms with van der Waals surface area (Å²) in [5.74, 6) is 0.192. The van der Waals surface area contributed by atoms with Crippen LogP contribution in [0.2, 0.25) is 0 Å². The lowest BCUT2D eigenvalue weighted by atomic mass is 10.2. The predicted octanol–water partition coefficient (Wildman–Crippen LogP) is 1.51. The van der Waals surface area contributed by atoms with Gasteiger partial charge in [0, 0.05) is 6.20 Å². The largest absolute Gasteiger partial charge is 0.369 e. The number of nitrogens with two attached hydrogens (primary N) is 1. The SMILES string of the molecule is Cc1ccc(S(=O)(=O)N=C(N)Nc2ccccn2)cc1. The summed E-state index contributed by atoms with van der Waals surface area (Å²) in [4.78, 5) is 4.06. The van der Waals surface area contributed by atoms with Gasteiger partial charge in [0.25, 0.3) is 10.0 Å². The zero-order chi connectivity index (χ0) is 14.6. The zero-order valence-corrected chi connectivity index (χ0v) is 11.6. The maximum atomic E-state index is 12.0. The van der Waals surface area contributed by atoms with Gasteiger partial charge in [0.15, 0.2) is 0 Å². The van der Waals surface area contributed by atoms with Gasteiger partial charge >= 0.3 is 0 Å². The molecule has 0 saturated carbocycles. The van der Waals surface area contributed by atoms with Crippen LogP contribution in [0.15, 0.2) is 58.0 Å². The topological polar surface area (TPSA) is 97.4 Å². The summed E-state index contributed by atoms with van der Waals surface area (Å²) >= 11 is 0. The number of rotatable bonds is 3. The van der Waals surface area contributed by atoms with E-state index in [0.29, 0.717) is 5.82 Å². The number of aromatic nitrogens is 1. The molecule has 0 unspecified atom stereocenters. The van der Waals surface area contributed by atoms with Gasteiger partial charge in [-0.25, -0.2) is 4.98 Å². The molecule has 1 aromatic heterocycles. The predicted molar refractivity (Wildman–Crippen MR) is 77.8 cm³/mol. The second kappa shape index (κ2) is 5.70. The van der Waals surface area contributed by atoms with Crippen molar-refractivity contribution in [1.29, 1.82) is 0 Å². The van der Waals surface area contributed by atoms with Crippen LogP contribution in [0, 0.1) is 6.92 Å². The van der Waals surface area contributed by atoms with Gasteiger partial charge in [0.05, 0.1) is 4.90 Å². The third kappa shape index (κ3) is 3.55. The number of aryl methyl sites for hydroxylation is 1. The molecule has 0 aliphatic heterocycles. The van der Waals surface area contributed by atoms with Crippen molar-refractivity contribution in [1.82, 2.24) is 4.98 Å². The molecule has 0 spiro atoms. The molecule has 1 heterocycles. The highest BCUT2D eigenvalue weighted by Crippen LogP contribution is 2.13. The minimum absolute atomic E-state index is 0.0915. The molecule has 0 aliphatic carbocycles. The number of benzene rings is 1. The minimum Gasteiger partial charge on any atom is -0.369 e. The molecule has 7 heteroatoms. The maximum Gasteiger partial charge on any atom is 0.285 e. The van der Waals surface area contributed by atoms with E-state index in [0.717, 1.165) is 5.56 Å². The molecule has 0 fully saturated rings. The molecule has 2 rings (SSSR count). The van der Waals surface area contributed by atoms with Crippen LogP contribution < -0.4 is 11.1 Å². The van der Waals surface area contributed by atoms with Crippen molar-refractivity contribution in [3.8, 4) is 0 Å². The highest BCUT2D eigenvalue weighted by atomic mass is 32.2. The van der Waals surface area contributed by atoms with E-state index in [1.54, 1.807) is 36.5 Å². The Labute approximate surface area is 117 Å². The van der Waals surface area contributed by atoms with Crippen LogP contribution in [0.25, 0.3) is 0 Å². The molecule has 0 aliphatic rings. The van der Waals surface area contributed by atoms with E-state index in [-0.39, 0.29) is 10.9 Å². The smallest absolute Gasteiger partial charge is 0.285 e. The summed E-state index contributed by atoms with van der Waals surface area (Å²) < 4.78 is 27.6. The first-order chi connectivity index (χ1) is 9.47. The van der Waals surface area contributed by atoms with Gasteiger partial charge in [-0.05, 0) is 31.2 Å². The Kier molecular flexibility index (Phi) is 3.99. The van der Waals surface area contributed by atoms with E-state index in [1.807, 2.05) is 6.92 Å². The fourth-order valence-electron chi connectivity index (χ4n) is 1.48. The highest BCUT2D eigenvalue weighted by molar-refractivity contribution is 7.90. The Morgan fingerprint density at radius 3 is 2.50 bits per heavy atom. The van der Waals surface area contributed by atoms with Crippen molar-refractivity contribution >= 4 is 21.8 Å². The number of nitrogens with one attached hydrogen (secondary N) is 1. The molecule has 1 aromatic carbocycles. The lowest BCUT2D eigenvalue weighted by molar-refractivity contribution is 0.598. The fourth-order valence-corrected chi connectivity index (χ4v) is 2.37. The summed E-state index contributed by atoms with van der Waals surface area (Å²) in [7, 11) is -3.82. The Morgan fingerprint density at radius 2 is 1.90 bits per heavy atom. The van der Waals surface area contributed by atoms with E-state index in [1.165, 1.54) is 12.1 Å². The Hall–Kier alpha value is -2.41. The van der Waals surface area contributed by atoms with Crippen molar-refractivity contribution in [2.75, 3.05) is 5.32 Å². The van der Waals surface area contributed by atoms with E-state index in [2.05, 4.69) is 14.7 Å². The first-order valence-corrected chi connectivity index (χ1v) is 7.26. The van der Waals surface area contributed by atoms with Crippen molar-refractivity contribution in [2.24, 2.45) is 10.1 Å². The number of nitrogens with zero attached hydrogens (tertiary/aromatic N) is 2. The van der Waals surface area contributed by atoms with Crippen LogP contribution in [0.1, 0.15) is 5.56 Å². The van der Waals surface area contributed by atoms with Gasteiger partial charge in [0.2, 0.25) is 5.96 Å². The third-order valence-corrected chi connectivity index (χ3v) is 3.76. The molecular weight excluding hydrogens is 276 g/mol. The molecule has 0 amide bonds. The molecule has 0 saturated heterocycles. The lowest BCUT2D eigenvalue weighted by Gasteiger charge is -2.04. The zero-order valence-electron chi connectivity index (χ0n) is 10.8. The fraction of sp³-hybridized carbons (Fsp3) is 0.0769. The molecule has 104 valence electrons. The van der Waals surface area contributed by atoms with Crippen molar-refractivity contribution in [2.45, 2.75) is 11.8 Å². The first-order valence-electron chi connectivity index (χ1n) is 5.82. The number of guanidine groups is 1. The summed E-state index contributed by atoms with van der Waals surface area (Å²) in [6, 6.07) is 11.5. The van der Waals surface area contributed by atoms with Gasteiger partial charge in [-0.15, -0.1) is 4.40 Å². The average Bonchev–Trinajstić information content (AvgIpc) is 2.39. The number of pyridine rings is 1. The van der Waals surface area contributed by atoms with Crippen molar-refractivity contribution in [3.63, 3.8) is 0 Å². The molecule has 6 nitrogen and oxygen atoms in total. The summed E-state index contributed by atoms with van der Waals surface area (Å²) in [5.41, 5.74) is 6.54. The standard InChI is InChI=1S/C13H14N4O2S/c1-10-5-7-11(8-6-10)20(18,19)17-13(14)16-12-4-2-3-9-15-12/h2-9H,1H3,(H3,14,15,16,17). The van der Waals surface area contributed by atoms with Gasteiger partial charge in [-0.1, -0.05) is 23.8 Å². The van der Waals surface area contributed by atoms with Crippen LogP contribution in [0.5, 0.6) is 0 Å². The number of anilines is 1. The Morgan fingerprint density at radius 1 is 1.20 bits per heavy atom. The number of sulfonamides is 1. The van der Waals surface area contributed by atoms with Gasteiger partial charge in [-0.2, -0.15) is 8.42 Å². The molecule has 20 heavy (non-hydrogen) atoms. The van der Waals surface area contributed by atoms with Crippen LogP contribution >= 0.6 is 0 Å². The lowest BCUT2D eigenvalue weighted by Crippen LogP contribution is -2.24. The maximum absolute atomic E-state index is 12.0. The Balaban J connectivity index is 2.22. The van der Waals surface area contributed by atoms with Gasteiger partial charge < -0.3 is 11.1 Å². The normalized spacial score (nSPS) is 12.2. The van der Waals surface area contributed by atoms with Crippen LogP contribution in [-0.4, -0.2) is 19.4 Å². The summed E-state index contributed by atoms with van der Waals surface area (Å²) in [6.45, 7) is 1.87. The van der Waals surface area contributed by atoms with Crippen LogP contribution in [0.3, 0.4) is 0 Å². The first kappa shape index (κ1) is 14.0. The molecule has 0 radical (unpaired) electrons. The quantitative estimate of drug-likeness (QED) is 0.659. The molecular formula is C13H14N4O2S. The van der Waals surface area contributed by atoms with Crippen LogP contribution in [-0.2, 0) is 10.0 Å². The molecule has 2 aromatic rings. The van der Waals surface area contributed by atoms with Gasteiger partial charge in [0.1, 0.15) is 5.82 Å². The van der Waals surface area contributed by atoms with E-state index < -0.39 is 10.0 Å². The number of hydrogen-bond donors (Lipinski definition) is 2. The van der Waals surface area contributed by atoms with Crippen molar-refractivity contribution in [3.05, 3.63) is 54.2 Å². The monoisotopic (exact) mass is 290 g/mol. The van der Waals surface area contributed by atoms with E-state index in [4.69, 9.17) is 5.73 Å². The Bertz CT molecular complexity index is 710. The van der Waals surface area contributed by atoms with Gasteiger partial charge in [-0.3, -0.25) is 0 Å². The summed E-state index contributed by atoms with van der Waals surface area (Å²) in [5, 5.41) is 2.62. The van der Waals surface area contributed by atoms with E-state index >= 15 is 0 Å². The van der Waals surface area contributed by atoms with E-state index in [9.17, 15) is 8.42 Å². The highest BCUT2D eigenvalue weighted by Gasteiger charge is 2.13. The molecule has 3 N–H and O–H groups in total. The van der Waals surface area contributed by atoms with Crippen molar-refractivity contribution < 1.29 is 8.42 Å². The second-order valence-electron chi connectivity index (χ2n) is 4.10. The molecule has 0 bridgehead atoms.